The van der Waals surface area contributed by atoms with Crippen LogP contribution in [0.3, 0.4) is 0 Å². The van der Waals surface area contributed by atoms with Gasteiger partial charge in [-0.05, 0) is 36.8 Å². The van der Waals surface area contributed by atoms with Gasteiger partial charge in [-0.3, -0.25) is 0 Å². The van der Waals surface area contributed by atoms with E-state index in [-0.39, 0.29) is 5.82 Å². The van der Waals surface area contributed by atoms with Crippen molar-refractivity contribution >= 4 is 11.8 Å². The van der Waals surface area contributed by atoms with E-state index in [1.54, 1.807) is 6.92 Å². The smallest absolute Gasteiger partial charge is 0.126 e. The Labute approximate surface area is 102 Å². The average Bonchev–Trinajstić information content (AvgIpc) is 2.28. The maximum atomic E-state index is 13.0. The molecule has 0 aromatic heterocycles. The van der Waals surface area contributed by atoms with Crippen molar-refractivity contribution in [3.05, 3.63) is 35.1 Å². The zero-order valence-electron chi connectivity index (χ0n) is 10.2. The highest BCUT2D eigenvalue weighted by molar-refractivity contribution is 7.99. The van der Waals surface area contributed by atoms with Gasteiger partial charge in [-0.2, -0.15) is 11.8 Å². The van der Waals surface area contributed by atoms with Crippen molar-refractivity contribution in [2.45, 2.75) is 33.4 Å². The Morgan fingerprint density at radius 2 is 2.19 bits per heavy atom. The fraction of sp³-hybridized carbons (Fsp3) is 0.538. The molecule has 0 bridgehead atoms. The van der Waals surface area contributed by atoms with Crippen LogP contribution < -0.4 is 5.32 Å². The van der Waals surface area contributed by atoms with Crippen molar-refractivity contribution in [3.63, 3.8) is 0 Å². The average molecular weight is 241 g/mol. The summed E-state index contributed by atoms with van der Waals surface area (Å²) in [5.41, 5.74) is 1.86. The molecule has 0 aliphatic carbocycles. The van der Waals surface area contributed by atoms with Gasteiger partial charge in [0.25, 0.3) is 0 Å². The summed E-state index contributed by atoms with van der Waals surface area (Å²) in [5, 5.41) is 3.44. The van der Waals surface area contributed by atoms with Crippen molar-refractivity contribution < 1.29 is 4.39 Å². The first-order valence-corrected chi connectivity index (χ1v) is 6.85. The van der Waals surface area contributed by atoms with Gasteiger partial charge in [-0.15, -0.1) is 0 Å². The number of nitrogens with one attached hydrogen (secondary N) is 1. The van der Waals surface area contributed by atoms with Crippen LogP contribution in [0.4, 0.5) is 4.39 Å². The normalized spacial score (nSPS) is 12.8. The number of benzene rings is 1. The first kappa shape index (κ1) is 13.5. The van der Waals surface area contributed by atoms with E-state index in [0.717, 1.165) is 29.2 Å². The lowest BCUT2D eigenvalue weighted by Gasteiger charge is -2.13. The zero-order chi connectivity index (χ0) is 12.0. The number of hydrogen-bond acceptors (Lipinski definition) is 2. The summed E-state index contributed by atoms with van der Waals surface area (Å²) in [6, 6.07) is 5.78. The Bertz CT molecular complexity index is 328. The SMILES string of the molecule is CCSCC(C)NCc1ccc(F)c(C)c1. The van der Waals surface area contributed by atoms with Crippen molar-refractivity contribution in [3.8, 4) is 0 Å². The van der Waals surface area contributed by atoms with Gasteiger partial charge in [0, 0.05) is 18.3 Å². The van der Waals surface area contributed by atoms with Crippen LogP contribution in [-0.4, -0.2) is 17.5 Å². The molecule has 90 valence electrons. The maximum Gasteiger partial charge on any atom is 0.126 e. The Morgan fingerprint density at radius 3 is 2.81 bits per heavy atom. The highest BCUT2D eigenvalue weighted by atomic mass is 32.2. The van der Waals surface area contributed by atoms with Gasteiger partial charge < -0.3 is 5.32 Å². The number of thioether (sulfide) groups is 1. The van der Waals surface area contributed by atoms with Gasteiger partial charge in [-0.1, -0.05) is 19.1 Å². The van der Waals surface area contributed by atoms with Crippen LogP contribution in [0.5, 0.6) is 0 Å². The molecule has 0 aliphatic rings. The van der Waals surface area contributed by atoms with E-state index in [1.807, 2.05) is 23.9 Å². The Hall–Kier alpha value is -0.540. The zero-order valence-corrected chi connectivity index (χ0v) is 11.0. The third kappa shape index (κ3) is 4.54. The molecule has 1 nitrogen and oxygen atoms in total. The fourth-order valence-electron chi connectivity index (χ4n) is 1.46. The number of hydrogen-bond donors (Lipinski definition) is 1. The quantitative estimate of drug-likeness (QED) is 0.819. The monoisotopic (exact) mass is 241 g/mol. The summed E-state index contributed by atoms with van der Waals surface area (Å²) in [5.74, 6) is 2.15. The van der Waals surface area contributed by atoms with E-state index in [4.69, 9.17) is 0 Å². The molecule has 0 fully saturated rings. The van der Waals surface area contributed by atoms with E-state index in [2.05, 4.69) is 19.2 Å². The third-order valence-corrected chi connectivity index (χ3v) is 3.59. The molecule has 0 radical (unpaired) electrons. The topological polar surface area (TPSA) is 12.0 Å². The van der Waals surface area contributed by atoms with E-state index >= 15 is 0 Å². The second kappa shape index (κ2) is 6.92. The molecule has 1 N–H and O–H groups in total. The Kier molecular flexibility index (Phi) is 5.85. The largest absolute Gasteiger partial charge is 0.309 e. The standard InChI is InChI=1S/C13H20FNS/c1-4-16-9-11(3)15-8-12-5-6-13(14)10(2)7-12/h5-7,11,15H,4,8-9H2,1-3H3. The molecule has 0 saturated heterocycles. The van der Waals surface area contributed by atoms with Gasteiger partial charge in [0.2, 0.25) is 0 Å². The second-order valence-electron chi connectivity index (χ2n) is 4.02. The van der Waals surface area contributed by atoms with Crippen molar-refractivity contribution in [2.75, 3.05) is 11.5 Å². The van der Waals surface area contributed by atoms with Gasteiger partial charge in [0.05, 0.1) is 0 Å². The molecule has 3 heteroatoms. The summed E-state index contributed by atoms with van der Waals surface area (Å²) in [6.07, 6.45) is 0. The minimum Gasteiger partial charge on any atom is -0.309 e. The first-order chi connectivity index (χ1) is 7.63. The second-order valence-corrected chi connectivity index (χ2v) is 5.34. The summed E-state index contributed by atoms with van der Waals surface area (Å²) >= 11 is 1.93. The number of rotatable bonds is 6. The molecule has 1 atom stereocenters. The van der Waals surface area contributed by atoms with Gasteiger partial charge >= 0.3 is 0 Å². The van der Waals surface area contributed by atoms with Crippen molar-refractivity contribution in [1.29, 1.82) is 0 Å². The van der Waals surface area contributed by atoms with Gasteiger partial charge in [-0.25, -0.2) is 4.39 Å². The molecule has 0 spiro atoms. The number of halogens is 1. The molecule has 1 aromatic rings. The molecule has 0 aliphatic heterocycles. The summed E-state index contributed by atoms with van der Waals surface area (Å²) < 4.78 is 13.0. The lowest BCUT2D eigenvalue weighted by molar-refractivity contribution is 0.590. The van der Waals surface area contributed by atoms with Crippen LogP contribution in [0, 0.1) is 12.7 Å². The Balaban J connectivity index is 2.39. The predicted molar refractivity (Wildman–Crippen MR) is 70.4 cm³/mol. The highest BCUT2D eigenvalue weighted by Gasteiger charge is 2.02. The lowest BCUT2D eigenvalue weighted by atomic mass is 10.1. The van der Waals surface area contributed by atoms with Crippen LogP contribution in [0.15, 0.2) is 18.2 Å². The minimum atomic E-state index is -0.127. The minimum absolute atomic E-state index is 0.127. The van der Waals surface area contributed by atoms with Crippen LogP contribution in [-0.2, 0) is 6.54 Å². The highest BCUT2D eigenvalue weighted by Crippen LogP contribution is 2.09. The summed E-state index contributed by atoms with van der Waals surface area (Å²) in [6.45, 7) is 6.96. The maximum absolute atomic E-state index is 13.0. The molecule has 16 heavy (non-hydrogen) atoms. The third-order valence-electron chi connectivity index (χ3n) is 2.45. The van der Waals surface area contributed by atoms with Crippen LogP contribution >= 0.6 is 11.8 Å². The van der Waals surface area contributed by atoms with Crippen LogP contribution in [0.25, 0.3) is 0 Å². The fourth-order valence-corrected chi connectivity index (χ4v) is 2.17. The number of aryl methyl sites for hydroxylation is 1. The van der Waals surface area contributed by atoms with E-state index in [0.29, 0.717) is 6.04 Å². The van der Waals surface area contributed by atoms with E-state index in [9.17, 15) is 4.39 Å². The predicted octanol–water partition coefficient (Wildman–Crippen LogP) is 3.37. The lowest BCUT2D eigenvalue weighted by Crippen LogP contribution is -2.27. The van der Waals surface area contributed by atoms with Crippen LogP contribution in [0.1, 0.15) is 25.0 Å². The van der Waals surface area contributed by atoms with Crippen molar-refractivity contribution in [1.82, 2.24) is 5.32 Å². The van der Waals surface area contributed by atoms with Gasteiger partial charge in [0.15, 0.2) is 0 Å². The van der Waals surface area contributed by atoms with Crippen molar-refractivity contribution in [2.24, 2.45) is 0 Å². The van der Waals surface area contributed by atoms with E-state index < -0.39 is 0 Å². The van der Waals surface area contributed by atoms with E-state index in [1.165, 1.54) is 6.07 Å². The molecule has 1 unspecified atom stereocenters. The molecule has 1 rings (SSSR count). The molecule has 0 saturated carbocycles. The Morgan fingerprint density at radius 1 is 1.44 bits per heavy atom. The summed E-state index contributed by atoms with van der Waals surface area (Å²) in [7, 11) is 0. The molecule has 0 heterocycles. The summed E-state index contributed by atoms with van der Waals surface area (Å²) in [4.78, 5) is 0. The molecule has 0 amide bonds. The first-order valence-electron chi connectivity index (χ1n) is 5.69. The molecular formula is C13H20FNS. The van der Waals surface area contributed by atoms with Crippen LogP contribution in [0.2, 0.25) is 0 Å². The molecule has 1 aromatic carbocycles. The van der Waals surface area contributed by atoms with Gasteiger partial charge in [0.1, 0.15) is 5.82 Å². The molecular weight excluding hydrogens is 221 g/mol.